The smallest absolute Gasteiger partial charge is 0.335 e. The summed E-state index contributed by atoms with van der Waals surface area (Å²) in [5.74, 6) is -1.94. The molecule has 0 atom stereocenters. The summed E-state index contributed by atoms with van der Waals surface area (Å²) in [6.45, 7) is 0. The quantitative estimate of drug-likeness (QED) is 0.838. The van der Waals surface area contributed by atoms with E-state index in [1.54, 1.807) is 24.3 Å². The van der Waals surface area contributed by atoms with E-state index in [2.05, 4.69) is 0 Å². The molecule has 0 aliphatic heterocycles. The van der Waals surface area contributed by atoms with E-state index < -0.39 is 11.9 Å². The fourth-order valence-electron chi connectivity index (χ4n) is 1.82. The van der Waals surface area contributed by atoms with Crippen LogP contribution in [0.25, 0.3) is 6.08 Å². The molecule has 1 saturated carbocycles. The number of allylic oxidation sites excluding steroid dienone is 1. The molecule has 17 heavy (non-hydrogen) atoms. The number of rotatable bonds is 3. The van der Waals surface area contributed by atoms with Crippen LogP contribution in [-0.2, 0) is 4.79 Å². The van der Waals surface area contributed by atoms with Gasteiger partial charge in [-0.15, -0.1) is 0 Å². The Hall–Kier alpha value is -2.10. The maximum absolute atomic E-state index is 10.6. The molecule has 2 N–H and O–H groups in total. The molecule has 0 heterocycles. The molecular formula is C13H12O4. The summed E-state index contributed by atoms with van der Waals surface area (Å²) in [7, 11) is 0. The van der Waals surface area contributed by atoms with Gasteiger partial charge >= 0.3 is 11.9 Å². The van der Waals surface area contributed by atoms with Gasteiger partial charge < -0.3 is 10.2 Å². The van der Waals surface area contributed by atoms with Crippen molar-refractivity contribution >= 4 is 18.0 Å². The number of carboxylic acids is 2. The zero-order valence-electron chi connectivity index (χ0n) is 9.09. The van der Waals surface area contributed by atoms with E-state index in [9.17, 15) is 9.59 Å². The van der Waals surface area contributed by atoms with Crippen molar-refractivity contribution in [1.29, 1.82) is 0 Å². The number of carbonyl (C=O) groups is 2. The highest BCUT2D eigenvalue weighted by Crippen LogP contribution is 2.34. The van der Waals surface area contributed by atoms with Crippen LogP contribution in [0.15, 0.2) is 29.8 Å². The summed E-state index contributed by atoms with van der Waals surface area (Å²) in [5.41, 5.74) is 2.26. The lowest BCUT2D eigenvalue weighted by molar-refractivity contribution is -0.143. The minimum Gasteiger partial charge on any atom is -0.481 e. The van der Waals surface area contributed by atoms with Crippen molar-refractivity contribution in [3.63, 3.8) is 0 Å². The van der Waals surface area contributed by atoms with Crippen LogP contribution >= 0.6 is 0 Å². The summed E-state index contributed by atoms with van der Waals surface area (Å²) in [6.07, 6.45) is 3.11. The minimum atomic E-state index is -0.946. The Balaban J connectivity index is 2.03. The summed E-state index contributed by atoms with van der Waals surface area (Å²) < 4.78 is 0. The first-order valence-corrected chi connectivity index (χ1v) is 5.32. The van der Waals surface area contributed by atoms with Crippen LogP contribution in [0.2, 0.25) is 0 Å². The van der Waals surface area contributed by atoms with E-state index in [4.69, 9.17) is 10.2 Å². The monoisotopic (exact) mass is 232 g/mol. The predicted octanol–water partition coefficient (Wildman–Crippen LogP) is 2.26. The molecule has 4 heteroatoms. The zero-order chi connectivity index (χ0) is 12.4. The third-order valence-electron chi connectivity index (χ3n) is 2.89. The van der Waals surface area contributed by atoms with Crippen molar-refractivity contribution in [3.8, 4) is 0 Å². The van der Waals surface area contributed by atoms with Crippen LogP contribution in [0.4, 0.5) is 0 Å². The first-order valence-electron chi connectivity index (χ1n) is 5.32. The summed E-state index contributed by atoms with van der Waals surface area (Å²) in [6, 6.07) is 6.54. The first-order chi connectivity index (χ1) is 8.06. The molecule has 1 aliphatic carbocycles. The molecule has 0 spiro atoms. The van der Waals surface area contributed by atoms with E-state index >= 15 is 0 Å². The molecule has 1 fully saturated rings. The number of benzene rings is 1. The van der Waals surface area contributed by atoms with Crippen LogP contribution in [0.5, 0.6) is 0 Å². The third kappa shape index (κ3) is 2.53. The standard InChI is InChI=1S/C13H12O4/c14-12(15)10-3-1-8(2-4-10)5-9-6-11(7-9)13(16)17/h1-5,11H,6-7H2,(H,14,15)(H,16,17). The molecule has 88 valence electrons. The number of hydrogen-bond donors (Lipinski definition) is 2. The fourth-order valence-corrected chi connectivity index (χ4v) is 1.82. The molecule has 0 unspecified atom stereocenters. The van der Waals surface area contributed by atoms with Gasteiger partial charge in [-0.1, -0.05) is 23.8 Å². The number of carboxylic acid groups (broad SMARTS) is 2. The predicted molar refractivity (Wildman–Crippen MR) is 61.7 cm³/mol. The molecule has 0 saturated heterocycles. The third-order valence-corrected chi connectivity index (χ3v) is 2.89. The molecule has 0 aromatic heterocycles. The van der Waals surface area contributed by atoms with E-state index in [1.165, 1.54) is 0 Å². The lowest BCUT2D eigenvalue weighted by Crippen LogP contribution is -2.23. The van der Waals surface area contributed by atoms with Crippen LogP contribution in [0.1, 0.15) is 28.8 Å². The van der Waals surface area contributed by atoms with Gasteiger partial charge in [0, 0.05) is 0 Å². The maximum atomic E-state index is 10.6. The summed E-state index contributed by atoms with van der Waals surface area (Å²) in [5, 5.41) is 17.5. The fraction of sp³-hybridized carbons (Fsp3) is 0.231. The molecule has 4 nitrogen and oxygen atoms in total. The van der Waals surface area contributed by atoms with E-state index in [1.807, 2.05) is 6.08 Å². The number of hydrogen-bond acceptors (Lipinski definition) is 2. The molecular weight excluding hydrogens is 220 g/mol. The van der Waals surface area contributed by atoms with E-state index in [0.29, 0.717) is 12.8 Å². The first kappa shape index (κ1) is 11.4. The average molecular weight is 232 g/mol. The summed E-state index contributed by atoms with van der Waals surface area (Å²) in [4.78, 5) is 21.2. The van der Waals surface area contributed by atoms with Crippen molar-refractivity contribution in [2.45, 2.75) is 12.8 Å². The van der Waals surface area contributed by atoms with Gasteiger partial charge in [0.15, 0.2) is 0 Å². The Morgan fingerprint density at radius 2 is 1.71 bits per heavy atom. The van der Waals surface area contributed by atoms with Crippen LogP contribution in [0, 0.1) is 5.92 Å². The molecule has 0 amide bonds. The van der Waals surface area contributed by atoms with Gasteiger partial charge in [0.2, 0.25) is 0 Å². The van der Waals surface area contributed by atoms with Crippen molar-refractivity contribution in [1.82, 2.24) is 0 Å². The van der Waals surface area contributed by atoms with Gasteiger partial charge in [0.05, 0.1) is 11.5 Å². The summed E-state index contributed by atoms with van der Waals surface area (Å²) >= 11 is 0. The van der Waals surface area contributed by atoms with Gasteiger partial charge in [-0.25, -0.2) is 4.79 Å². The molecule has 1 aromatic rings. The Labute approximate surface area is 98.2 Å². The molecule has 1 aliphatic rings. The van der Waals surface area contributed by atoms with Crippen LogP contribution in [0.3, 0.4) is 0 Å². The van der Waals surface area contributed by atoms with Crippen LogP contribution in [-0.4, -0.2) is 22.2 Å². The molecule has 0 bridgehead atoms. The van der Waals surface area contributed by atoms with Gasteiger partial charge in [-0.05, 0) is 30.5 Å². The lowest BCUT2D eigenvalue weighted by Gasteiger charge is -2.25. The van der Waals surface area contributed by atoms with Gasteiger partial charge in [0.1, 0.15) is 0 Å². The Morgan fingerprint density at radius 3 is 2.18 bits per heavy atom. The SMILES string of the molecule is O=C(O)c1ccc(C=C2CC(C(=O)O)C2)cc1. The Morgan fingerprint density at radius 1 is 1.12 bits per heavy atom. The van der Waals surface area contributed by atoms with Gasteiger partial charge in [-0.3, -0.25) is 4.79 Å². The van der Waals surface area contributed by atoms with Crippen molar-refractivity contribution < 1.29 is 19.8 Å². The second-order valence-electron chi connectivity index (χ2n) is 4.17. The zero-order valence-corrected chi connectivity index (χ0v) is 9.09. The highest BCUT2D eigenvalue weighted by molar-refractivity contribution is 5.87. The lowest BCUT2D eigenvalue weighted by atomic mass is 9.79. The normalized spacial score (nSPS) is 18.4. The van der Waals surface area contributed by atoms with Crippen molar-refractivity contribution in [2.75, 3.05) is 0 Å². The topological polar surface area (TPSA) is 74.6 Å². The highest BCUT2D eigenvalue weighted by atomic mass is 16.4. The molecule has 2 rings (SSSR count). The largest absolute Gasteiger partial charge is 0.481 e. The average Bonchev–Trinajstić information content (AvgIpc) is 2.23. The second-order valence-corrected chi connectivity index (χ2v) is 4.17. The number of aliphatic carboxylic acids is 1. The van der Waals surface area contributed by atoms with Crippen molar-refractivity contribution in [3.05, 3.63) is 41.0 Å². The van der Waals surface area contributed by atoms with E-state index in [-0.39, 0.29) is 11.5 Å². The molecule has 0 radical (unpaired) electrons. The minimum absolute atomic E-state index is 0.250. The number of aromatic carboxylic acids is 1. The van der Waals surface area contributed by atoms with Crippen molar-refractivity contribution in [2.24, 2.45) is 5.92 Å². The van der Waals surface area contributed by atoms with Gasteiger partial charge in [-0.2, -0.15) is 0 Å². The molecule has 1 aromatic carbocycles. The maximum Gasteiger partial charge on any atom is 0.335 e. The Kier molecular flexibility index (Phi) is 2.95. The van der Waals surface area contributed by atoms with E-state index in [0.717, 1.165) is 11.1 Å². The highest BCUT2D eigenvalue weighted by Gasteiger charge is 2.29. The van der Waals surface area contributed by atoms with Gasteiger partial charge in [0.25, 0.3) is 0 Å². The van der Waals surface area contributed by atoms with Crippen LogP contribution < -0.4 is 0 Å². The Bertz CT molecular complexity index is 477. The second kappa shape index (κ2) is 4.41.